The molecule has 4 rings (SSSR count). The average molecular weight is 426 g/mol. The predicted molar refractivity (Wildman–Crippen MR) is 112 cm³/mol. The summed E-state index contributed by atoms with van der Waals surface area (Å²) in [5, 5.41) is 14.2. The van der Waals surface area contributed by atoms with Crippen LogP contribution in [0.5, 0.6) is 0 Å². The molecular formula is C22H21F3N6. The number of aromatic nitrogens is 4. The van der Waals surface area contributed by atoms with Gasteiger partial charge in [0.05, 0.1) is 5.56 Å². The van der Waals surface area contributed by atoms with Crippen molar-refractivity contribution in [3.05, 3.63) is 82.9 Å². The number of pyridine rings is 1. The first-order valence-corrected chi connectivity index (χ1v) is 9.80. The largest absolute Gasteiger partial charge is 0.416 e. The Morgan fingerprint density at radius 1 is 1.00 bits per heavy atom. The van der Waals surface area contributed by atoms with Crippen LogP contribution in [0.3, 0.4) is 0 Å². The number of rotatable bonds is 7. The van der Waals surface area contributed by atoms with Crippen LogP contribution in [-0.4, -0.2) is 26.9 Å². The third-order valence-corrected chi connectivity index (χ3v) is 5.14. The lowest BCUT2D eigenvalue weighted by Gasteiger charge is -2.19. The number of aromatic amines is 1. The van der Waals surface area contributed by atoms with Gasteiger partial charge in [0, 0.05) is 12.5 Å². The third kappa shape index (κ3) is 4.83. The van der Waals surface area contributed by atoms with Crippen molar-refractivity contribution in [3.63, 3.8) is 0 Å². The van der Waals surface area contributed by atoms with E-state index in [0.717, 1.165) is 35.2 Å². The molecule has 0 aliphatic heterocycles. The number of nitrogens with one attached hydrogen (secondary N) is 2. The highest BCUT2D eigenvalue weighted by atomic mass is 19.4. The van der Waals surface area contributed by atoms with E-state index in [1.165, 1.54) is 12.1 Å². The number of nitrogens with zero attached hydrogens (tertiary/aromatic N) is 3. The molecule has 0 radical (unpaired) electrons. The van der Waals surface area contributed by atoms with Gasteiger partial charge >= 0.3 is 6.18 Å². The summed E-state index contributed by atoms with van der Waals surface area (Å²) >= 11 is 0. The van der Waals surface area contributed by atoms with E-state index in [1.54, 1.807) is 0 Å². The van der Waals surface area contributed by atoms with Crippen LogP contribution in [0.4, 0.5) is 19.0 Å². The predicted octanol–water partition coefficient (Wildman–Crippen LogP) is 4.27. The molecule has 0 fully saturated rings. The quantitative estimate of drug-likeness (QED) is 0.384. The highest BCUT2D eigenvalue weighted by Crippen LogP contribution is 2.32. The second kappa shape index (κ2) is 8.73. The summed E-state index contributed by atoms with van der Waals surface area (Å²) < 4.78 is 38.1. The van der Waals surface area contributed by atoms with Crippen molar-refractivity contribution in [2.45, 2.75) is 25.1 Å². The van der Waals surface area contributed by atoms with Crippen molar-refractivity contribution in [1.82, 2.24) is 25.7 Å². The molecule has 0 saturated carbocycles. The zero-order valence-corrected chi connectivity index (χ0v) is 16.5. The van der Waals surface area contributed by atoms with E-state index in [2.05, 4.69) is 25.7 Å². The number of fused-ring (bicyclic) bond motifs is 1. The molecule has 2 aromatic heterocycles. The highest BCUT2D eigenvalue weighted by molar-refractivity contribution is 5.77. The van der Waals surface area contributed by atoms with E-state index in [4.69, 9.17) is 5.73 Å². The standard InChI is InChI=1S/C22H21F3N6/c23-22(24,25)16-8-6-14(7-9-16)13-27-11-10-17(15-4-2-1-3-5-15)18-12-19(26)28-21-20(18)29-31-30-21/h1-9,12,17,27H,10-11,13H2,(H3,26,28,29,30,31). The first kappa shape index (κ1) is 20.8. The molecule has 2 aromatic carbocycles. The fraction of sp³-hybridized carbons (Fsp3) is 0.227. The van der Waals surface area contributed by atoms with Crippen LogP contribution in [0, 0.1) is 0 Å². The first-order valence-electron chi connectivity index (χ1n) is 9.80. The van der Waals surface area contributed by atoms with Gasteiger partial charge in [0.25, 0.3) is 0 Å². The van der Waals surface area contributed by atoms with Crippen LogP contribution in [-0.2, 0) is 12.7 Å². The molecule has 2 heterocycles. The Morgan fingerprint density at radius 2 is 1.74 bits per heavy atom. The minimum atomic E-state index is -4.33. The van der Waals surface area contributed by atoms with Crippen LogP contribution in [0.1, 0.15) is 34.6 Å². The van der Waals surface area contributed by atoms with Crippen molar-refractivity contribution in [1.29, 1.82) is 0 Å². The number of benzene rings is 2. The van der Waals surface area contributed by atoms with E-state index in [1.807, 2.05) is 36.4 Å². The van der Waals surface area contributed by atoms with Crippen LogP contribution in [0.15, 0.2) is 60.7 Å². The molecule has 4 aromatic rings. The molecule has 0 bridgehead atoms. The van der Waals surface area contributed by atoms with Gasteiger partial charge in [-0.15, -0.1) is 5.10 Å². The van der Waals surface area contributed by atoms with E-state index in [-0.39, 0.29) is 5.92 Å². The van der Waals surface area contributed by atoms with E-state index in [0.29, 0.717) is 30.1 Å². The number of nitrogen functional groups attached to an aromatic ring is 1. The van der Waals surface area contributed by atoms with Gasteiger partial charge in [-0.25, -0.2) is 4.98 Å². The average Bonchev–Trinajstić information content (AvgIpc) is 3.22. The molecule has 160 valence electrons. The lowest BCUT2D eigenvalue weighted by Crippen LogP contribution is -2.18. The number of alkyl halides is 3. The zero-order valence-electron chi connectivity index (χ0n) is 16.5. The Labute approximate surface area is 176 Å². The van der Waals surface area contributed by atoms with Gasteiger partial charge in [0.2, 0.25) is 5.65 Å². The number of nitrogens with two attached hydrogens (primary N) is 1. The second-order valence-electron chi connectivity index (χ2n) is 7.26. The lowest BCUT2D eigenvalue weighted by atomic mass is 9.88. The topological polar surface area (TPSA) is 92.5 Å². The van der Waals surface area contributed by atoms with Crippen molar-refractivity contribution in [3.8, 4) is 0 Å². The maximum Gasteiger partial charge on any atom is 0.416 e. The van der Waals surface area contributed by atoms with Crippen molar-refractivity contribution in [2.75, 3.05) is 12.3 Å². The van der Waals surface area contributed by atoms with Crippen molar-refractivity contribution in [2.24, 2.45) is 0 Å². The molecule has 1 unspecified atom stereocenters. The summed E-state index contributed by atoms with van der Waals surface area (Å²) in [6, 6.07) is 17.0. The fourth-order valence-electron chi connectivity index (χ4n) is 3.62. The Kier molecular flexibility index (Phi) is 5.85. The molecular weight excluding hydrogens is 405 g/mol. The number of anilines is 1. The van der Waals surface area contributed by atoms with Gasteiger partial charge in [0.1, 0.15) is 11.3 Å². The molecule has 9 heteroatoms. The van der Waals surface area contributed by atoms with Crippen LogP contribution >= 0.6 is 0 Å². The Bertz CT molecular complexity index is 1140. The summed E-state index contributed by atoms with van der Waals surface area (Å²) in [4.78, 5) is 4.21. The first-order chi connectivity index (χ1) is 14.9. The number of H-pyrrole nitrogens is 1. The van der Waals surface area contributed by atoms with Gasteiger partial charge in [-0.1, -0.05) is 42.5 Å². The van der Waals surface area contributed by atoms with E-state index in [9.17, 15) is 13.2 Å². The van der Waals surface area contributed by atoms with E-state index >= 15 is 0 Å². The van der Waals surface area contributed by atoms with Crippen LogP contribution < -0.4 is 11.1 Å². The SMILES string of the molecule is Nc1cc(C(CCNCc2ccc(C(F)(F)F)cc2)c2ccccc2)c2n[nH]nc2n1. The highest BCUT2D eigenvalue weighted by Gasteiger charge is 2.29. The van der Waals surface area contributed by atoms with Gasteiger partial charge in [-0.05, 0) is 47.9 Å². The smallest absolute Gasteiger partial charge is 0.384 e. The lowest BCUT2D eigenvalue weighted by molar-refractivity contribution is -0.137. The zero-order chi connectivity index (χ0) is 21.8. The molecule has 1 atom stereocenters. The minimum Gasteiger partial charge on any atom is -0.384 e. The molecule has 4 N–H and O–H groups in total. The summed E-state index contributed by atoms with van der Waals surface area (Å²) in [6.07, 6.45) is -3.59. The Morgan fingerprint density at radius 3 is 2.45 bits per heavy atom. The number of halogens is 3. The molecule has 0 amide bonds. The van der Waals surface area contributed by atoms with Crippen molar-refractivity contribution < 1.29 is 13.2 Å². The van der Waals surface area contributed by atoms with Gasteiger partial charge in [-0.2, -0.15) is 23.5 Å². The molecule has 0 spiro atoms. The van der Waals surface area contributed by atoms with Gasteiger partial charge < -0.3 is 11.1 Å². The van der Waals surface area contributed by atoms with Crippen LogP contribution in [0.25, 0.3) is 11.2 Å². The molecule has 31 heavy (non-hydrogen) atoms. The third-order valence-electron chi connectivity index (χ3n) is 5.14. The summed E-state index contributed by atoms with van der Waals surface area (Å²) in [5.74, 6) is 0.370. The van der Waals surface area contributed by atoms with Crippen LogP contribution in [0.2, 0.25) is 0 Å². The summed E-state index contributed by atoms with van der Waals surface area (Å²) in [7, 11) is 0. The summed E-state index contributed by atoms with van der Waals surface area (Å²) in [5.41, 5.74) is 9.30. The molecule has 0 saturated heterocycles. The van der Waals surface area contributed by atoms with Gasteiger partial charge in [0.15, 0.2) is 0 Å². The Hall–Kier alpha value is -3.46. The second-order valence-corrected chi connectivity index (χ2v) is 7.26. The van der Waals surface area contributed by atoms with E-state index < -0.39 is 11.7 Å². The monoisotopic (exact) mass is 426 g/mol. The molecule has 6 nitrogen and oxygen atoms in total. The number of hydrogen-bond donors (Lipinski definition) is 3. The maximum atomic E-state index is 12.7. The van der Waals surface area contributed by atoms with Crippen molar-refractivity contribution >= 4 is 17.0 Å². The normalized spacial score (nSPS) is 12.9. The maximum absolute atomic E-state index is 12.7. The number of hydrogen-bond acceptors (Lipinski definition) is 5. The van der Waals surface area contributed by atoms with Gasteiger partial charge in [-0.3, -0.25) is 0 Å². The molecule has 0 aliphatic carbocycles. The fourth-order valence-corrected chi connectivity index (χ4v) is 3.62. The molecule has 0 aliphatic rings. The summed E-state index contributed by atoms with van der Waals surface area (Å²) in [6.45, 7) is 1.11. The minimum absolute atomic E-state index is 0.000736. The Balaban J connectivity index is 1.48.